The molecule has 142 valence electrons. The van der Waals surface area contributed by atoms with Gasteiger partial charge in [0.05, 0.1) is 17.7 Å². The van der Waals surface area contributed by atoms with Crippen LogP contribution in [0.3, 0.4) is 0 Å². The maximum atomic E-state index is 12.9. The molecule has 3 aromatic carbocycles. The van der Waals surface area contributed by atoms with Gasteiger partial charge in [-0.2, -0.15) is 0 Å². The summed E-state index contributed by atoms with van der Waals surface area (Å²) in [4.78, 5) is 25.5. The van der Waals surface area contributed by atoms with Gasteiger partial charge in [-0.25, -0.2) is 4.79 Å². The zero-order chi connectivity index (χ0) is 19.9. The second kappa shape index (κ2) is 9.20. The molecule has 0 saturated heterocycles. The van der Waals surface area contributed by atoms with Crippen molar-refractivity contribution in [3.05, 3.63) is 107 Å². The van der Waals surface area contributed by atoms with Gasteiger partial charge >= 0.3 is 5.97 Å². The minimum absolute atomic E-state index is 0.304. The van der Waals surface area contributed by atoms with E-state index in [4.69, 9.17) is 16.3 Å². The monoisotopic (exact) mass is 393 g/mol. The molecule has 1 N–H and O–H groups in total. The van der Waals surface area contributed by atoms with Crippen molar-refractivity contribution in [1.82, 2.24) is 5.32 Å². The quantitative estimate of drug-likeness (QED) is 0.630. The highest BCUT2D eigenvalue weighted by Crippen LogP contribution is 2.29. The third kappa shape index (κ3) is 4.41. The van der Waals surface area contributed by atoms with Crippen LogP contribution in [0.15, 0.2) is 84.9 Å². The minimum atomic E-state index is -0.918. The Kier molecular flexibility index (Phi) is 6.45. The van der Waals surface area contributed by atoms with Gasteiger partial charge in [0.25, 0.3) is 5.91 Å². The zero-order valence-corrected chi connectivity index (χ0v) is 16.1. The molecule has 3 aromatic rings. The van der Waals surface area contributed by atoms with Gasteiger partial charge in [0.1, 0.15) is 6.04 Å². The van der Waals surface area contributed by atoms with Crippen molar-refractivity contribution in [1.29, 1.82) is 0 Å². The molecule has 1 amide bonds. The summed E-state index contributed by atoms with van der Waals surface area (Å²) in [6.45, 7) is 0. The molecule has 4 nitrogen and oxygen atoms in total. The molecule has 0 aromatic heterocycles. The van der Waals surface area contributed by atoms with Crippen LogP contribution in [0.25, 0.3) is 0 Å². The molecule has 0 aliphatic rings. The topological polar surface area (TPSA) is 55.4 Å². The summed E-state index contributed by atoms with van der Waals surface area (Å²) >= 11 is 6.15. The molecule has 0 aliphatic heterocycles. The zero-order valence-electron chi connectivity index (χ0n) is 15.3. The molecule has 5 heteroatoms. The summed E-state index contributed by atoms with van der Waals surface area (Å²) in [7, 11) is 1.31. The number of hydrogen-bond donors (Lipinski definition) is 1. The third-order valence-electron chi connectivity index (χ3n) is 4.51. The Labute approximate surface area is 169 Å². The van der Waals surface area contributed by atoms with E-state index in [2.05, 4.69) is 5.32 Å². The van der Waals surface area contributed by atoms with E-state index in [1.165, 1.54) is 7.11 Å². The predicted molar refractivity (Wildman–Crippen MR) is 109 cm³/mol. The van der Waals surface area contributed by atoms with Crippen molar-refractivity contribution in [3.8, 4) is 0 Å². The van der Waals surface area contributed by atoms with Crippen LogP contribution < -0.4 is 5.32 Å². The van der Waals surface area contributed by atoms with Gasteiger partial charge in [0, 0.05) is 5.92 Å². The summed E-state index contributed by atoms with van der Waals surface area (Å²) in [6, 6.07) is 24.9. The second-order valence-corrected chi connectivity index (χ2v) is 6.66. The standard InChI is InChI=1S/C23H20ClNO3/c1-28-23(27)21(25-22(26)18-14-8-9-15-19(18)24)20(16-10-4-2-5-11-16)17-12-6-3-7-13-17/h2-15,20-21H,1H3,(H,25,26)/t21-/m0/s1. The normalized spacial score (nSPS) is 11.7. The lowest BCUT2D eigenvalue weighted by Crippen LogP contribution is -2.46. The molecule has 0 fully saturated rings. The number of hydrogen-bond acceptors (Lipinski definition) is 3. The van der Waals surface area contributed by atoms with Gasteiger partial charge in [0.2, 0.25) is 0 Å². The number of ether oxygens (including phenoxy) is 1. The van der Waals surface area contributed by atoms with E-state index in [0.29, 0.717) is 10.6 Å². The van der Waals surface area contributed by atoms with Crippen molar-refractivity contribution in [2.75, 3.05) is 7.11 Å². The van der Waals surface area contributed by atoms with Gasteiger partial charge in [-0.05, 0) is 23.3 Å². The number of carbonyl (C=O) groups is 2. The van der Waals surface area contributed by atoms with Gasteiger partial charge in [0.15, 0.2) is 0 Å². The SMILES string of the molecule is COC(=O)[C@@H](NC(=O)c1ccccc1Cl)C(c1ccccc1)c1ccccc1. The molecule has 3 rings (SSSR count). The fourth-order valence-corrected chi connectivity index (χ4v) is 3.39. The lowest BCUT2D eigenvalue weighted by molar-refractivity contribution is -0.143. The highest BCUT2D eigenvalue weighted by molar-refractivity contribution is 6.33. The Morgan fingerprint density at radius 1 is 0.821 bits per heavy atom. The number of nitrogens with one attached hydrogen (secondary N) is 1. The third-order valence-corrected chi connectivity index (χ3v) is 4.84. The largest absolute Gasteiger partial charge is 0.467 e. The average Bonchev–Trinajstić information content (AvgIpc) is 2.74. The molecule has 0 bridgehead atoms. The lowest BCUT2D eigenvalue weighted by Gasteiger charge is -2.27. The van der Waals surface area contributed by atoms with Crippen LogP contribution in [0.1, 0.15) is 27.4 Å². The number of esters is 1. The van der Waals surface area contributed by atoms with Gasteiger partial charge in [-0.3, -0.25) is 4.79 Å². The average molecular weight is 394 g/mol. The van der Waals surface area contributed by atoms with E-state index in [0.717, 1.165) is 11.1 Å². The van der Waals surface area contributed by atoms with Crippen molar-refractivity contribution < 1.29 is 14.3 Å². The van der Waals surface area contributed by atoms with Crippen molar-refractivity contribution >= 4 is 23.5 Å². The second-order valence-electron chi connectivity index (χ2n) is 6.25. The molecule has 0 heterocycles. The number of rotatable bonds is 6. The first-order valence-electron chi connectivity index (χ1n) is 8.85. The summed E-state index contributed by atoms with van der Waals surface area (Å²) < 4.78 is 5.02. The molecule has 0 unspecified atom stereocenters. The van der Waals surface area contributed by atoms with Crippen LogP contribution in [0.4, 0.5) is 0 Å². The Balaban J connectivity index is 2.03. The van der Waals surface area contributed by atoms with Crippen molar-refractivity contribution in [3.63, 3.8) is 0 Å². The van der Waals surface area contributed by atoms with E-state index in [-0.39, 0.29) is 0 Å². The maximum absolute atomic E-state index is 12.9. The number of methoxy groups -OCH3 is 1. The molecule has 0 spiro atoms. The Morgan fingerprint density at radius 3 is 1.82 bits per heavy atom. The van der Waals surface area contributed by atoms with E-state index in [1.807, 2.05) is 60.7 Å². The van der Waals surface area contributed by atoms with Crippen LogP contribution in [0, 0.1) is 0 Å². The van der Waals surface area contributed by atoms with Crippen LogP contribution in [0.2, 0.25) is 5.02 Å². The summed E-state index contributed by atoms with van der Waals surface area (Å²) in [6.07, 6.45) is 0. The number of benzene rings is 3. The van der Waals surface area contributed by atoms with Gasteiger partial charge in [-0.15, -0.1) is 0 Å². The van der Waals surface area contributed by atoms with Crippen molar-refractivity contribution in [2.45, 2.75) is 12.0 Å². The Morgan fingerprint density at radius 2 is 1.32 bits per heavy atom. The van der Waals surface area contributed by atoms with E-state index < -0.39 is 23.8 Å². The van der Waals surface area contributed by atoms with Gasteiger partial charge < -0.3 is 10.1 Å². The van der Waals surface area contributed by atoms with Crippen LogP contribution >= 0.6 is 11.6 Å². The predicted octanol–water partition coefficient (Wildman–Crippen LogP) is 4.44. The summed E-state index contributed by atoms with van der Waals surface area (Å²) in [5, 5.41) is 3.14. The van der Waals surface area contributed by atoms with Crippen molar-refractivity contribution in [2.24, 2.45) is 0 Å². The Hall–Kier alpha value is -3.11. The molecule has 1 atom stereocenters. The first-order chi connectivity index (χ1) is 13.6. The molecular weight excluding hydrogens is 374 g/mol. The highest BCUT2D eigenvalue weighted by atomic mass is 35.5. The number of amides is 1. The van der Waals surface area contributed by atoms with Gasteiger partial charge in [-0.1, -0.05) is 84.4 Å². The number of halogens is 1. The van der Waals surface area contributed by atoms with E-state index >= 15 is 0 Å². The lowest BCUT2D eigenvalue weighted by atomic mass is 9.84. The van der Waals surface area contributed by atoms with Crippen LogP contribution in [0.5, 0.6) is 0 Å². The molecule has 0 aliphatic carbocycles. The van der Waals surface area contributed by atoms with E-state index in [1.54, 1.807) is 24.3 Å². The fourth-order valence-electron chi connectivity index (χ4n) is 3.17. The molecule has 0 radical (unpaired) electrons. The smallest absolute Gasteiger partial charge is 0.329 e. The van der Waals surface area contributed by atoms with E-state index in [9.17, 15) is 9.59 Å². The summed E-state index contributed by atoms with van der Waals surface area (Å²) in [5.41, 5.74) is 2.09. The molecule has 0 saturated carbocycles. The first-order valence-corrected chi connectivity index (χ1v) is 9.22. The van der Waals surface area contributed by atoms with Crippen LogP contribution in [-0.2, 0) is 9.53 Å². The molecule has 28 heavy (non-hydrogen) atoms. The fraction of sp³-hybridized carbons (Fsp3) is 0.130. The molecular formula is C23H20ClNO3. The van der Waals surface area contributed by atoms with Crippen LogP contribution in [-0.4, -0.2) is 25.0 Å². The maximum Gasteiger partial charge on any atom is 0.329 e. The highest BCUT2D eigenvalue weighted by Gasteiger charge is 2.33. The first kappa shape index (κ1) is 19.6. The number of carbonyl (C=O) groups excluding carboxylic acids is 2. The summed E-state index contributed by atoms with van der Waals surface area (Å²) in [5.74, 6) is -1.38. The Bertz CT molecular complexity index is 905. The minimum Gasteiger partial charge on any atom is -0.467 e.